The first kappa shape index (κ1) is 16.6. The maximum atomic E-state index is 2.45. The molecule has 2 heteroatoms. The average molecular weight is 326 g/mol. The predicted octanol–water partition coefficient (Wildman–Crippen LogP) is 4.91. The molecule has 4 bridgehead atoms. The molecule has 0 N–H and O–H groups in total. The highest BCUT2D eigenvalue weighted by atomic mass is 32.2. The molecule has 0 unspecified atom stereocenters. The van der Waals surface area contributed by atoms with E-state index in [0.29, 0.717) is 6.04 Å². The summed E-state index contributed by atoms with van der Waals surface area (Å²) in [6.45, 7) is 2.31. The third-order valence-electron chi connectivity index (χ3n) is 5.15. The second kappa shape index (κ2) is 7.11. The van der Waals surface area contributed by atoms with E-state index in [-0.39, 0.29) is 0 Å². The van der Waals surface area contributed by atoms with Gasteiger partial charge in [0.05, 0.1) is 0 Å². The Hall–Kier alpha value is -1.25. The van der Waals surface area contributed by atoms with Gasteiger partial charge in [0, 0.05) is 10.9 Å². The quantitative estimate of drug-likeness (QED) is 0.737. The maximum absolute atomic E-state index is 2.45. The van der Waals surface area contributed by atoms with Gasteiger partial charge >= 0.3 is 0 Å². The fourth-order valence-electron chi connectivity index (χ4n) is 3.40. The zero-order valence-electron chi connectivity index (χ0n) is 14.7. The van der Waals surface area contributed by atoms with Gasteiger partial charge in [-0.05, 0) is 86.8 Å². The lowest BCUT2D eigenvalue weighted by Crippen LogP contribution is -2.19. The Morgan fingerprint density at radius 1 is 0.870 bits per heavy atom. The molecule has 1 nitrogen and oxygen atoms in total. The summed E-state index contributed by atoms with van der Waals surface area (Å²) < 4.78 is 0. The van der Waals surface area contributed by atoms with Crippen molar-refractivity contribution in [2.75, 3.05) is 20.4 Å². The van der Waals surface area contributed by atoms with Gasteiger partial charge in [-0.1, -0.05) is 30.3 Å². The van der Waals surface area contributed by atoms with Gasteiger partial charge in [0.1, 0.15) is 0 Å². The first-order chi connectivity index (χ1) is 11.1. The molecule has 1 atom stereocenters. The van der Waals surface area contributed by atoms with Crippen molar-refractivity contribution in [3.8, 4) is 0 Å². The maximum Gasteiger partial charge on any atom is 0.0316 e. The summed E-state index contributed by atoms with van der Waals surface area (Å²) in [5, 5.41) is 0. The highest BCUT2D eigenvalue weighted by molar-refractivity contribution is 7.98. The molecular weight excluding hydrogens is 298 g/mol. The van der Waals surface area contributed by atoms with Gasteiger partial charge in [0.15, 0.2) is 0 Å². The van der Waals surface area contributed by atoms with Crippen molar-refractivity contribution in [3.05, 3.63) is 64.2 Å². The van der Waals surface area contributed by atoms with E-state index in [1.165, 1.54) is 32.7 Å². The number of rotatable bonds is 3. The topological polar surface area (TPSA) is 3.24 Å². The zero-order valence-corrected chi connectivity index (χ0v) is 15.5. The fourth-order valence-corrected chi connectivity index (χ4v) is 4.11. The fraction of sp³-hybridized carbons (Fsp3) is 0.429. The Balaban J connectivity index is 2.00. The minimum Gasteiger partial charge on any atom is -0.303 e. The van der Waals surface area contributed by atoms with Gasteiger partial charge < -0.3 is 4.90 Å². The van der Waals surface area contributed by atoms with Crippen molar-refractivity contribution < 1.29 is 0 Å². The van der Waals surface area contributed by atoms with Crippen LogP contribution in [-0.2, 0) is 25.7 Å². The van der Waals surface area contributed by atoms with Gasteiger partial charge in [0.25, 0.3) is 0 Å². The lowest BCUT2D eigenvalue weighted by Gasteiger charge is -2.24. The molecule has 4 aliphatic carbocycles. The second-order valence-electron chi connectivity index (χ2n) is 6.82. The summed E-state index contributed by atoms with van der Waals surface area (Å²) in [6, 6.07) is 14.7. The lowest BCUT2D eigenvalue weighted by molar-refractivity contribution is 0.319. The van der Waals surface area contributed by atoms with Gasteiger partial charge in [-0.15, -0.1) is 11.8 Å². The molecule has 2 aromatic carbocycles. The first-order valence-corrected chi connectivity index (χ1v) is 9.75. The number of thioether (sulfide) groups is 1. The Morgan fingerprint density at radius 2 is 1.48 bits per heavy atom. The van der Waals surface area contributed by atoms with Crippen LogP contribution in [0.4, 0.5) is 0 Å². The minimum atomic E-state index is 0.468. The average Bonchev–Trinajstić information content (AvgIpc) is 2.55. The highest BCUT2D eigenvalue weighted by Crippen LogP contribution is 2.29. The van der Waals surface area contributed by atoms with E-state index < -0.39 is 0 Å². The van der Waals surface area contributed by atoms with Gasteiger partial charge in [-0.25, -0.2) is 0 Å². The molecule has 0 heterocycles. The van der Waals surface area contributed by atoms with Crippen molar-refractivity contribution in [3.63, 3.8) is 0 Å². The molecule has 0 saturated carbocycles. The van der Waals surface area contributed by atoms with E-state index in [4.69, 9.17) is 0 Å². The number of hydrogen-bond acceptors (Lipinski definition) is 2. The molecule has 0 aliphatic heterocycles. The third-order valence-corrected chi connectivity index (χ3v) is 5.97. The van der Waals surface area contributed by atoms with Crippen LogP contribution in [0.1, 0.15) is 40.8 Å². The van der Waals surface area contributed by atoms with Crippen LogP contribution in [0.3, 0.4) is 0 Å². The van der Waals surface area contributed by atoms with Gasteiger partial charge in [0.2, 0.25) is 0 Å². The van der Waals surface area contributed by atoms with Crippen LogP contribution in [0.5, 0.6) is 0 Å². The largest absolute Gasteiger partial charge is 0.303 e. The van der Waals surface area contributed by atoms with E-state index in [2.05, 4.69) is 68.6 Å². The molecule has 0 aromatic heterocycles. The molecule has 2 aromatic rings. The number of nitrogens with zero attached hydrogens (tertiary/aromatic N) is 1. The molecule has 122 valence electrons. The molecule has 0 fully saturated rings. The van der Waals surface area contributed by atoms with E-state index in [1.54, 1.807) is 0 Å². The summed E-state index contributed by atoms with van der Waals surface area (Å²) in [5.74, 6) is 0. The van der Waals surface area contributed by atoms with Gasteiger partial charge in [-0.3, -0.25) is 0 Å². The first-order valence-electron chi connectivity index (χ1n) is 8.52. The number of aryl methyl sites for hydroxylation is 4. The number of hydrogen-bond donors (Lipinski definition) is 0. The monoisotopic (exact) mass is 325 g/mol. The smallest absolute Gasteiger partial charge is 0.0316 e. The highest BCUT2D eigenvalue weighted by Gasteiger charge is 2.15. The SMILES string of the molecule is CSc1cc2ccc1CCc1ccc(c([C@@H](C)N(C)C)c1)CC2. The van der Waals surface area contributed by atoms with E-state index in [0.717, 1.165) is 25.7 Å². The van der Waals surface area contributed by atoms with E-state index in [9.17, 15) is 0 Å². The van der Waals surface area contributed by atoms with E-state index in [1.807, 2.05) is 11.8 Å². The van der Waals surface area contributed by atoms with Crippen LogP contribution in [0, 0.1) is 0 Å². The summed E-state index contributed by atoms with van der Waals surface area (Å²) in [6.07, 6.45) is 6.70. The molecule has 0 saturated heterocycles. The van der Waals surface area contributed by atoms with Crippen molar-refractivity contribution in [1.82, 2.24) is 4.90 Å². The summed E-state index contributed by atoms with van der Waals surface area (Å²) in [4.78, 5) is 3.77. The summed E-state index contributed by atoms with van der Waals surface area (Å²) in [7, 11) is 4.35. The molecule has 6 rings (SSSR count). The van der Waals surface area contributed by atoms with Crippen LogP contribution in [0.15, 0.2) is 41.3 Å². The van der Waals surface area contributed by atoms with E-state index >= 15 is 0 Å². The molecule has 0 spiro atoms. The van der Waals surface area contributed by atoms with Crippen molar-refractivity contribution >= 4 is 11.8 Å². The standard InChI is InChI=1S/C21H27NS/c1-15(22(2)3)20-13-16-5-9-18(20)10-6-17-8-12-19(11-7-16)21(14-17)23-4/h5,8-9,12-15H,6-7,10-11H2,1-4H3/t15-/m1/s1. The molecule has 4 aliphatic rings. The Morgan fingerprint density at radius 3 is 2.13 bits per heavy atom. The molecule has 0 radical (unpaired) electrons. The Bertz CT molecular complexity index is 690. The summed E-state index contributed by atoms with van der Waals surface area (Å²) >= 11 is 1.88. The number of benzene rings is 2. The van der Waals surface area contributed by atoms with Crippen molar-refractivity contribution in [2.45, 2.75) is 43.5 Å². The second-order valence-corrected chi connectivity index (χ2v) is 7.67. The lowest BCUT2D eigenvalue weighted by atomic mass is 9.90. The molecular formula is C21H27NS. The van der Waals surface area contributed by atoms with Crippen LogP contribution in [-0.4, -0.2) is 25.3 Å². The zero-order chi connectivity index (χ0) is 16.4. The van der Waals surface area contributed by atoms with Crippen LogP contribution < -0.4 is 0 Å². The van der Waals surface area contributed by atoms with Crippen LogP contribution in [0.25, 0.3) is 0 Å². The van der Waals surface area contributed by atoms with Crippen molar-refractivity contribution in [1.29, 1.82) is 0 Å². The minimum absolute atomic E-state index is 0.468. The predicted molar refractivity (Wildman–Crippen MR) is 102 cm³/mol. The normalized spacial score (nSPS) is 15.5. The van der Waals surface area contributed by atoms with Crippen LogP contribution in [0.2, 0.25) is 0 Å². The van der Waals surface area contributed by atoms with Crippen molar-refractivity contribution in [2.24, 2.45) is 0 Å². The summed E-state index contributed by atoms with van der Waals surface area (Å²) in [5.41, 5.74) is 7.44. The molecule has 0 amide bonds. The molecule has 23 heavy (non-hydrogen) atoms. The Labute approximate surface area is 145 Å². The Kier molecular flexibility index (Phi) is 5.13. The van der Waals surface area contributed by atoms with Gasteiger partial charge in [-0.2, -0.15) is 0 Å². The van der Waals surface area contributed by atoms with Crippen LogP contribution >= 0.6 is 11.8 Å². The third kappa shape index (κ3) is 3.64.